The van der Waals surface area contributed by atoms with Crippen LogP contribution in [0.4, 0.5) is 9.59 Å². The van der Waals surface area contributed by atoms with Crippen molar-refractivity contribution in [3.63, 3.8) is 0 Å². The van der Waals surface area contributed by atoms with Gasteiger partial charge in [-0.15, -0.1) is 0 Å². The van der Waals surface area contributed by atoms with Gasteiger partial charge in [0.15, 0.2) is 37.0 Å². The molecule has 2 fully saturated rings. The molecule has 0 saturated carbocycles. The summed E-state index contributed by atoms with van der Waals surface area (Å²) >= 11 is 0. The van der Waals surface area contributed by atoms with Crippen LogP contribution in [0.25, 0.3) is 0 Å². The van der Waals surface area contributed by atoms with Gasteiger partial charge in [0, 0.05) is 93.8 Å². The number of hydrogen-bond donors (Lipinski definition) is 5. The van der Waals surface area contributed by atoms with E-state index in [0.717, 1.165) is 27.7 Å². The van der Waals surface area contributed by atoms with Crippen molar-refractivity contribution in [2.24, 2.45) is 0 Å². The first-order valence-electron chi connectivity index (χ1n) is 27.6. The van der Waals surface area contributed by atoms with E-state index >= 15 is 0 Å². The lowest BCUT2D eigenvalue weighted by atomic mass is 9.96. The number of nitrogens with one attached hydrogen (secondary N) is 5. The summed E-state index contributed by atoms with van der Waals surface area (Å²) in [5, 5.41) is 19.8. The zero-order chi connectivity index (χ0) is 62.9. The Bertz CT molecular complexity index is 2150. The third kappa shape index (κ3) is 29.6. The number of urea groups is 1. The standard InChI is InChI=1S/C52H86N7O24P/c1-30(2)59(31(3)4)84(76-25-19-20-53)83-40(26-74-52(69)55-22-16-14-18-24-71-50-44(57-33(6)61)48(80-39(12)67)46(78-37(10)65)42(82-50)29-73-35(8)63)27-75-58-51(68)54-21-15-13-17-23-70-49-43(56-32(5)60)47(79-38(11)66)45(77-36(9)64)41(81-49)28-72-34(7)62/h30-31,40-50H,13-19,21-29H2,1-12H3,(H,55,69)(H,56,60)(H,57,61)(H2,54,58,68)/t40?,41-,42-,43-,44-,45+,46+,47-,48-,49-,50-,84?/m1/s1. The molecule has 2 unspecified atom stereocenters. The Balaban J connectivity index is 2.00. The maximum atomic E-state index is 13.0. The highest BCUT2D eigenvalue weighted by molar-refractivity contribution is 7.44. The van der Waals surface area contributed by atoms with Crippen molar-refractivity contribution in [3.8, 4) is 6.07 Å². The molecule has 2 rings (SSSR count). The molecule has 0 radical (unpaired) electrons. The average molecular weight is 1220 g/mol. The van der Waals surface area contributed by atoms with Crippen LogP contribution in [-0.2, 0) is 104 Å². The Kier molecular flexibility index (Phi) is 35.5. The summed E-state index contributed by atoms with van der Waals surface area (Å²) in [5.74, 6) is -5.31. The lowest BCUT2D eigenvalue weighted by Gasteiger charge is -2.44. The second kappa shape index (κ2) is 40.3. The second-order valence-electron chi connectivity index (χ2n) is 19.8. The summed E-state index contributed by atoms with van der Waals surface area (Å²) in [6.07, 6.45) is -8.66. The number of rotatable bonds is 37. The minimum atomic E-state index is -1.85. The number of amides is 5. The molecule has 0 bridgehead atoms. The topological polar surface area (TPSA) is 387 Å². The van der Waals surface area contributed by atoms with Crippen LogP contribution in [0.5, 0.6) is 0 Å². The first-order chi connectivity index (χ1) is 39.7. The summed E-state index contributed by atoms with van der Waals surface area (Å²) in [6.45, 7) is 16.2. The molecule has 5 amide bonds. The molecule has 31 nitrogen and oxygen atoms in total. The van der Waals surface area contributed by atoms with Crippen LogP contribution in [0, 0.1) is 11.3 Å². The Morgan fingerprint density at radius 2 is 0.988 bits per heavy atom. The zero-order valence-electron chi connectivity index (χ0n) is 50.0. The normalized spacial score (nSPS) is 22.7. The number of carbonyl (C=O) groups excluding carboxylic acids is 10. The highest BCUT2D eigenvalue weighted by atomic mass is 31.2. The van der Waals surface area contributed by atoms with Gasteiger partial charge in [-0.25, -0.2) is 19.7 Å². The van der Waals surface area contributed by atoms with E-state index in [1.165, 1.54) is 27.7 Å². The van der Waals surface area contributed by atoms with Gasteiger partial charge in [-0.05, 0) is 66.2 Å². The quantitative estimate of drug-likeness (QED) is 0.0196. The third-order valence-corrected chi connectivity index (χ3v) is 13.8. The van der Waals surface area contributed by atoms with Crippen molar-refractivity contribution < 1.29 is 114 Å². The van der Waals surface area contributed by atoms with Crippen LogP contribution in [0.1, 0.15) is 128 Å². The van der Waals surface area contributed by atoms with Crippen LogP contribution in [0.3, 0.4) is 0 Å². The molecule has 0 aromatic heterocycles. The predicted molar refractivity (Wildman–Crippen MR) is 290 cm³/mol. The lowest BCUT2D eigenvalue weighted by Crippen LogP contribution is -2.66. The van der Waals surface area contributed by atoms with Crippen molar-refractivity contribution in [2.45, 2.75) is 208 Å². The highest BCUT2D eigenvalue weighted by Crippen LogP contribution is 2.47. The van der Waals surface area contributed by atoms with Crippen LogP contribution in [0.2, 0.25) is 0 Å². The van der Waals surface area contributed by atoms with Gasteiger partial charge >= 0.3 is 47.9 Å². The highest BCUT2D eigenvalue weighted by Gasteiger charge is 2.53. The summed E-state index contributed by atoms with van der Waals surface area (Å²) in [5.41, 5.74) is 2.30. The molecule has 478 valence electrons. The molecular formula is C52H86N7O24P. The largest absolute Gasteiger partial charge is 0.463 e. The molecule has 32 heteroatoms. The molecule has 0 spiro atoms. The minimum absolute atomic E-state index is 0.0507. The molecule has 2 saturated heterocycles. The van der Waals surface area contributed by atoms with E-state index in [4.69, 9.17) is 66.0 Å². The van der Waals surface area contributed by atoms with Gasteiger partial charge < -0.3 is 82.4 Å². The molecule has 0 aliphatic carbocycles. The van der Waals surface area contributed by atoms with E-state index in [2.05, 4.69) is 26.7 Å². The van der Waals surface area contributed by atoms with Crippen molar-refractivity contribution in [1.82, 2.24) is 31.4 Å². The maximum absolute atomic E-state index is 13.0. The molecule has 5 N–H and O–H groups in total. The van der Waals surface area contributed by atoms with E-state index in [1.54, 1.807) is 0 Å². The number of carbonyl (C=O) groups is 10. The number of esters is 6. The van der Waals surface area contributed by atoms with Crippen molar-refractivity contribution in [3.05, 3.63) is 0 Å². The average Bonchev–Trinajstić information content (AvgIpc) is 3.38. The number of nitrogens with zero attached hydrogens (tertiary/aromatic N) is 2. The summed E-state index contributed by atoms with van der Waals surface area (Å²) < 4.78 is 76.0. The van der Waals surface area contributed by atoms with Gasteiger partial charge in [0.05, 0.1) is 19.1 Å². The Morgan fingerprint density at radius 1 is 0.548 bits per heavy atom. The predicted octanol–water partition coefficient (Wildman–Crippen LogP) is 2.29. The fourth-order valence-electron chi connectivity index (χ4n) is 8.45. The second-order valence-corrected chi connectivity index (χ2v) is 21.2. The fourth-order valence-corrected chi connectivity index (χ4v) is 10.1. The van der Waals surface area contributed by atoms with Crippen molar-refractivity contribution >= 4 is 68.3 Å². The summed E-state index contributed by atoms with van der Waals surface area (Å²) in [4.78, 5) is 128. The molecule has 0 aromatic carbocycles. The Hall–Kier alpha value is -6.10. The summed E-state index contributed by atoms with van der Waals surface area (Å²) in [7, 11) is -1.85. The van der Waals surface area contributed by atoms with E-state index in [-0.39, 0.29) is 77.8 Å². The first kappa shape index (κ1) is 74.0. The van der Waals surface area contributed by atoms with Crippen molar-refractivity contribution in [1.29, 1.82) is 5.26 Å². The van der Waals surface area contributed by atoms with E-state index in [9.17, 15) is 53.2 Å². The number of unbranched alkanes of at least 4 members (excludes halogenated alkanes) is 4. The van der Waals surface area contributed by atoms with Crippen LogP contribution < -0.4 is 26.7 Å². The number of alkyl carbamates (subject to hydrolysis) is 1. The lowest BCUT2D eigenvalue weighted by molar-refractivity contribution is -0.277. The molecule has 12 atom stereocenters. The zero-order valence-corrected chi connectivity index (χ0v) is 50.9. The third-order valence-electron chi connectivity index (χ3n) is 11.6. The number of hydrogen-bond acceptors (Lipinski definition) is 26. The number of hydroxylamine groups is 1. The van der Waals surface area contributed by atoms with E-state index in [1.807, 2.05) is 38.4 Å². The molecule has 2 aliphatic rings. The fraction of sp³-hybridized carbons (Fsp3) is 0.788. The molecular weight excluding hydrogens is 1140 g/mol. The van der Waals surface area contributed by atoms with Crippen LogP contribution in [0.15, 0.2) is 0 Å². The molecule has 2 aliphatic heterocycles. The Labute approximate surface area is 490 Å². The maximum Gasteiger partial charge on any atom is 0.407 e. The Morgan fingerprint density at radius 3 is 1.39 bits per heavy atom. The minimum Gasteiger partial charge on any atom is -0.463 e. The van der Waals surface area contributed by atoms with Gasteiger partial charge in [0.1, 0.15) is 56.8 Å². The van der Waals surface area contributed by atoms with E-state index in [0.29, 0.717) is 38.5 Å². The van der Waals surface area contributed by atoms with Gasteiger partial charge in [0.2, 0.25) is 11.8 Å². The SMILES string of the molecule is CC(=O)N[C@H]1[C@H](OCCCCCNC(=O)NOCC(COC(=O)NCCCCCO[C@@H]2O[C@H](COC(C)=O)[C@H](OC(C)=O)[C@H](OC(C)=O)[C@H]2NC(C)=O)OP(OCCC#N)N(C(C)C)C(C)C)O[C@H](COC(C)=O)[C@H](OC(C)=O)[C@@H]1OC(C)=O. The van der Waals surface area contributed by atoms with Gasteiger partial charge in [0.25, 0.3) is 8.53 Å². The summed E-state index contributed by atoms with van der Waals surface area (Å²) in [6, 6.07) is -1.06. The molecule has 84 heavy (non-hydrogen) atoms. The van der Waals surface area contributed by atoms with Crippen molar-refractivity contribution in [2.75, 3.05) is 59.3 Å². The van der Waals surface area contributed by atoms with Crippen LogP contribution >= 0.6 is 8.53 Å². The van der Waals surface area contributed by atoms with Gasteiger partial charge in [-0.2, -0.15) is 5.26 Å². The first-order valence-corrected chi connectivity index (χ1v) is 28.7. The van der Waals surface area contributed by atoms with Gasteiger partial charge in [-0.3, -0.25) is 43.2 Å². The number of nitriles is 1. The van der Waals surface area contributed by atoms with E-state index < -0.39 is 136 Å². The van der Waals surface area contributed by atoms with Crippen LogP contribution in [-0.4, -0.2) is 203 Å². The molecule has 0 aromatic rings. The number of ether oxygens (including phenoxy) is 11. The smallest absolute Gasteiger partial charge is 0.407 e. The van der Waals surface area contributed by atoms with Gasteiger partial charge in [-0.1, -0.05) is 0 Å². The monoisotopic (exact) mass is 1220 g/mol. The molecule has 2 heterocycles.